The van der Waals surface area contributed by atoms with Gasteiger partial charge in [0.15, 0.2) is 6.61 Å². The van der Waals surface area contributed by atoms with Crippen molar-refractivity contribution >= 4 is 21.6 Å². The van der Waals surface area contributed by atoms with Crippen LogP contribution >= 0.6 is 0 Å². The lowest BCUT2D eigenvalue weighted by Gasteiger charge is -2.17. The third kappa shape index (κ3) is 6.39. The molecule has 0 aliphatic rings. The van der Waals surface area contributed by atoms with Crippen molar-refractivity contribution in [3.63, 3.8) is 0 Å². The molecule has 1 amide bonds. The second-order valence-electron chi connectivity index (χ2n) is 7.13. The number of benzene rings is 3. The van der Waals surface area contributed by atoms with Crippen LogP contribution in [0.25, 0.3) is 0 Å². The van der Waals surface area contributed by atoms with Crippen molar-refractivity contribution in [3.05, 3.63) is 78.4 Å². The minimum absolute atomic E-state index is 0.0620. The quantitative estimate of drug-likeness (QED) is 0.468. The Bertz CT molecular complexity index is 1200. The van der Waals surface area contributed by atoms with Crippen LogP contribution in [-0.2, 0) is 14.8 Å². The van der Waals surface area contributed by atoms with Gasteiger partial charge in [-0.15, -0.1) is 0 Å². The Morgan fingerprint density at radius 1 is 0.909 bits per heavy atom. The molecule has 8 nitrogen and oxygen atoms in total. The van der Waals surface area contributed by atoms with Gasteiger partial charge in [-0.2, -0.15) is 0 Å². The molecular weight excluding hydrogens is 444 g/mol. The Balaban J connectivity index is 1.57. The summed E-state index contributed by atoms with van der Waals surface area (Å²) in [7, 11) is -0.710. The van der Waals surface area contributed by atoms with Crippen LogP contribution in [0.1, 0.15) is 18.5 Å². The molecule has 0 aliphatic carbocycles. The van der Waals surface area contributed by atoms with Gasteiger partial charge < -0.3 is 19.5 Å². The Morgan fingerprint density at radius 2 is 1.64 bits per heavy atom. The first kappa shape index (κ1) is 23.9. The van der Waals surface area contributed by atoms with Gasteiger partial charge in [0.2, 0.25) is 0 Å². The van der Waals surface area contributed by atoms with Gasteiger partial charge in [-0.1, -0.05) is 24.3 Å². The second kappa shape index (κ2) is 10.7. The van der Waals surface area contributed by atoms with Gasteiger partial charge in [0.1, 0.15) is 17.2 Å². The molecule has 0 aromatic heterocycles. The van der Waals surface area contributed by atoms with Crippen molar-refractivity contribution in [1.29, 1.82) is 0 Å². The summed E-state index contributed by atoms with van der Waals surface area (Å²) < 4.78 is 43.7. The van der Waals surface area contributed by atoms with Gasteiger partial charge in [-0.25, -0.2) is 8.42 Å². The van der Waals surface area contributed by atoms with E-state index in [-0.39, 0.29) is 23.5 Å². The lowest BCUT2D eigenvalue weighted by atomic mass is 10.1. The Kier molecular flexibility index (Phi) is 7.78. The SMILES string of the molecule is COc1cccc(NS(=O)(=O)c2ccc(OCC(=O)NC(C)c3ccccc3OC)cc2)c1. The van der Waals surface area contributed by atoms with E-state index in [1.54, 1.807) is 31.4 Å². The molecule has 174 valence electrons. The summed E-state index contributed by atoms with van der Waals surface area (Å²) in [4.78, 5) is 12.4. The van der Waals surface area contributed by atoms with Crippen LogP contribution in [0.3, 0.4) is 0 Å². The third-order valence-electron chi connectivity index (χ3n) is 4.81. The number of carbonyl (C=O) groups excluding carboxylic acids is 1. The predicted molar refractivity (Wildman–Crippen MR) is 125 cm³/mol. The highest BCUT2D eigenvalue weighted by atomic mass is 32.2. The largest absolute Gasteiger partial charge is 0.497 e. The molecular formula is C24H26N2O6S. The number of rotatable bonds is 10. The lowest BCUT2D eigenvalue weighted by molar-refractivity contribution is -0.123. The van der Waals surface area contributed by atoms with E-state index in [1.165, 1.54) is 31.4 Å². The number of sulfonamides is 1. The number of methoxy groups -OCH3 is 2. The van der Waals surface area contributed by atoms with E-state index in [9.17, 15) is 13.2 Å². The van der Waals surface area contributed by atoms with Crippen molar-refractivity contribution in [2.24, 2.45) is 0 Å². The number of hydrogen-bond donors (Lipinski definition) is 2. The van der Waals surface area contributed by atoms with Crippen LogP contribution in [0, 0.1) is 0 Å². The molecule has 3 rings (SSSR count). The maximum absolute atomic E-state index is 12.6. The molecule has 0 fully saturated rings. The van der Waals surface area contributed by atoms with Gasteiger partial charge in [0.25, 0.3) is 15.9 Å². The van der Waals surface area contributed by atoms with Crippen molar-refractivity contribution in [3.8, 4) is 17.2 Å². The summed E-state index contributed by atoms with van der Waals surface area (Å²) in [6, 6.07) is 19.6. The average molecular weight is 471 g/mol. The molecule has 2 N–H and O–H groups in total. The smallest absolute Gasteiger partial charge is 0.261 e. The predicted octanol–water partition coefficient (Wildman–Crippen LogP) is 3.76. The van der Waals surface area contributed by atoms with E-state index in [0.717, 1.165) is 5.56 Å². The standard InChI is InChI=1S/C24H26N2O6S/c1-17(22-9-4-5-10-23(22)31-3)25-24(27)16-32-19-11-13-21(14-12-19)33(28,29)26-18-7-6-8-20(15-18)30-2/h4-15,17,26H,16H2,1-3H3,(H,25,27). The molecule has 0 heterocycles. The normalized spacial score (nSPS) is 11.8. The highest BCUT2D eigenvalue weighted by Crippen LogP contribution is 2.25. The maximum atomic E-state index is 12.6. The molecule has 9 heteroatoms. The van der Waals surface area contributed by atoms with Gasteiger partial charge in [-0.05, 0) is 49.4 Å². The number of anilines is 1. The number of carbonyl (C=O) groups is 1. The zero-order valence-electron chi connectivity index (χ0n) is 18.6. The zero-order valence-corrected chi connectivity index (χ0v) is 19.4. The van der Waals surface area contributed by atoms with Crippen LogP contribution in [0.4, 0.5) is 5.69 Å². The number of ether oxygens (including phenoxy) is 3. The molecule has 3 aromatic rings. The minimum atomic E-state index is -3.79. The fraction of sp³-hybridized carbons (Fsp3) is 0.208. The fourth-order valence-electron chi connectivity index (χ4n) is 3.15. The van der Waals surface area contributed by atoms with Gasteiger partial charge in [0.05, 0.1) is 30.8 Å². The van der Waals surface area contributed by atoms with E-state index < -0.39 is 10.0 Å². The summed E-state index contributed by atoms with van der Waals surface area (Å²) in [5.41, 5.74) is 1.24. The molecule has 33 heavy (non-hydrogen) atoms. The van der Waals surface area contributed by atoms with E-state index in [0.29, 0.717) is 22.9 Å². The highest BCUT2D eigenvalue weighted by Gasteiger charge is 2.16. The van der Waals surface area contributed by atoms with Crippen LogP contribution in [0.5, 0.6) is 17.2 Å². The highest BCUT2D eigenvalue weighted by molar-refractivity contribution is 7.92. The van der Waals surface area contributed by atoms with E-state index in [2.05, 4.69) is 10.0 Å². The van der Waals surface area contributed by atoms with E-state index >= 15 is 0 Å². The summed E-state index contributed by atoms with van der Waals surface area (Å²) in [5.74, 6) is 1.28. The third-order valence-corrected chi connectivity index (χ3v) is 6.21. The topological polar surface area (TPSA) is 103 Å². The average Bonchev–Trinajstić information content (AvgIpc) is 2.82. The van der Waals surface area contributed by atoms with Crippen LogP contribution in [0.2, 0.25) is 0 Å². The van der Waals surface area contributed by atoms with Crippen LogP contribution in [-0.4, -0.2) is 35.2 Å². The molecule has 0 radical (unpaired) electrons. The molecule has 0 bridgehead atoms. The van der Waals surface area contributed by atoms with Gasteiger partial charge in [0, 0.05) is 11.6 Å². The monoisotopic (exact) mass is 470 g/mol. The first-order valence-electron chi connectivity index (χ1n) is 10.1. The fourth-order valence-corrected chi connectivity index (χ4v) is 4.20. The number of nitrogens with one attached hydrogen (secondary N) is 2. The number of para-hydroxylation sites is 1. The van der Waals surface area contributed by atoms with E-state index in [1.807, 2.05) is 31.2 Å². The van der Waals surface area contributed by atoms with Gasteiger partial charge >= 0.3 is 0 Å². The summed E-state index contributed by atoms with van der Waals surface area (Å²) in [6.45, 7) is 1.64. The Labute approximate surface area is 193 Å². The molecule has 0 saturated heterocycles. The lowest BCUT2D eigenvalue weighted by Crippen LogP contribution is -2.31. The number of amides is 1. The first-order valence-corrected chi connectivity index (χ1v) is 11.6. The van der Waals surface area contributed by atoms with Crippen molar-refractivity contribution < 1.29 is 27.4 Å². The van der Waals surface area contributed by atoms with Gasteiger partial charge in [-0.3, -0.25) is 9.52 Å². The van der Waals surface area contributed by atoms with Crippen molar-refractivity contribution in [2.45, 2.75) is 17.9 Å². The molecule has 0 aliphatic heterocycles. The summed E-state index contributed by atoms with van der Waals surface area (Å²) in [5, 5.41) is 2.85. The molecule has 0 saturated carbocycles. The Morgan fingerprint density at radius 3 is 2.33 bits per heavy atom. The first-order chi connectivity index (χ1) is 15.8. The van der Waals surface area contributed by atoms with Crippen molar-refractivity contribution in [1.82, 2.24) is 5.32 Å². The number of hydrogen-bond acceptors (Lipinski definition) is 6. The molecule has 0 spiro atoms. The summed E-state index contributed by atoms with van der Waals surface area (Å²) in [6.07, 6.45) is 0. The Hall–Kier alpha value is -3.72. The second-order valence-corrected chi connectivity index (χ2v) is 8.81. The van der Waals surface area contributed by atoms with Crippen molar-refractivity contribution in [2.75, 3.05) is 25.5 Å². The molecule has 3 aromatic carbocycles. The minimum Gasteiger partial charge on any atom is -0.497 e. The molecule has 1 unspecified atom stereocenters. The maximum Gasteiger partial charge on any atom is 0.261 e. The zero-order chi connectivity index (χ0) is 23.8. The van der Waals surface area contributed by atoms with Crippen LogP contribution < -0.4 is 24.2 Å². The van der Waals surface area contributed by atoms with E-state index in [4.69, 9.17) is 14.2 Å². The molecule has 1 atom stereocenters. The van der Waals surface area contributed by atoms with Crippen LogP contribution in [0.15, 0.2) is 77.7 Å². The summed E-state index contributed by atoms with van der Waals surface area (Å²) >= 11 is 0.